The van der Waals surface area contributed by atoms with Crippen LogP contribution >= 0.6 is 0 Å². The average molecular weight is 294 g/mol. The fourth-order valence-electron chi connectivity index (χ4n) is 1.93. The standard InChI is InChI=1S/C15H26N4O2/c1-5-6-12(4)18-14(20)10-19-15(21)7-13(9-17-19)16-8-11(2)3/h7,9,11-12,16H,5-6,8,10H2,1-4H3,(H,18,20). The molecule has 21 heavy (non-hydrogen) atoms. The topological polar surface area (TPSA) is 76.0 Å². The molecule has 0 spiro atoms. The lowest BCUT2D eigenvalue weighted by atomic mass is 10.2. The highest BCUT2D eigenvalue weighted by Gasteiger charge is 2.09. The zero-order chi connectivity index (χ0) is 15.8. The molecule has 0 saturated carbocycles. The first-order valence-corrected chi connectivity index (χ1v) is 7.52. The Morgan fingerprint density at radius 1 is 1.38 bits per heavy atom. The molecule has 1 rings (SSSR count). The third-order valence-electron chi connectivity index (χ3n) is 3.01. The number of hydrogen-bond donors (Lipinski definition) is 2. The summed E-state index contributed by atoms with van der Waals surface area (Å²) in [5.74, 6) is 0.298. The van der Waals surface area contributed by atoms with E-state index < -0.39 is 0 Å². The van der Waals surface area contributed by atoms with E-state index in [2.05, 4.69) is 36.5 Å². The smallest absolute Gasteiger partial charge is 0.269 e. The van der Waals surface area contributed by atoms with Crippen LogP contribution in [0.5, 0.6) is 0 Å². The molecule has 1 atom stereocenters. The Hall–Kier alpha value is -1.85. The third-order valence-corrected chi connectivity index (χ3v) is 3.01. The number of nitrogens with zero attached hydrogens (tertiary/aromatic N) is 2. The monoisotopic (exact) mass is 294 g/mol. The molecule has 0 radical (unpaired) electrons. The summed E-state index contributed by atoms with van der Waals surface area (Å²) in [5, 5.41) is 10.0. The number of carbonyl (C=O) groups is 1. The Balaban J connectivity index is 2.60. The van der Waals surface area contributed by atoms with E-state index in [-0.39, 0.29) is 24.1 Å². The maximum atomic E-state index is 11.9. The van der Waals surface area contributed by atoms with Gasteiger partial charge in [-0.1, -0.05) is 27.2 Å². The van der Waals surface area contributed by atoms with E-state index >= 15 is 0 Å². The zero-order valence-corrected chi connectivity index (χ0v) is 13.3. The van der Waals surface area contributed by atoms with Crippen LogP contribution in [0.4, 0.5) is 5.69 Å². The van der Waals surface area contributed by atoms with Crippen LogP contribution in [0.1, 0.15) is 40.5 Å². The Bertz CT molecular complexity index is 511. The summed E-state index contributed by atoms with van der Waals surface area (Å²) in [4.78, 5) is 23.7. The number of carbonyl (C=O) groups excluding carboxylic acids is 1. The quantitative estimate of drug-likeness (QED) is 0.764. The first-order chi connectivity index (χ1) is 9.92. The fraction of sp³-hybridized carbons (Fsp3) is 0.667. The van der Waals surface area contributed by atoms with E-state index in [0.29, 0.717) is 11.6 Å². The fourth-order valence-corrected chi connectivity index (χ4v) is 1.93. The summed E-state index contributed by atoms with van der Waals surface area (Å²) in [7, 11) is 0. The van der Waals surface area contributed by atoms with Crippen LogP contribution in [0.25, 0.3) is 0 Å². The van der Waals surface area contributed by atoms with Crippen molar-refractivity contribution in [2.45, 2.75) is 53.1 Å². The van der Waals surface area contributed by atoms with Crippen molar-refractivity contribution in [2.75, 3.05) is 11.9 Å². The number of nitrogens with one attached hydrogen (secondary N) is 2. The average Bonchev–Trinajstić information content (AvgIpc) is 2.39. The Labute approximate surface area is 125 Å². The van der Waals surface area contributed by atoms with E-state index in [4.69, 9.17) is 0 Å². The van der Waals surface area contributed by atoms with Gasteiger partial charge in [0.1, 0.15) is 6.54 Å². The molecule has 0 aliphatic rings. The number of aromatic nitrogens is 2. The summed E-state index contributed by atoms with van der Waals surface area (Å²) < 4.78 is 1.18. The van der Waals surface area contributed by atoms with E-state index in [9.17, 15) is 9.59 Å². The van der Waals surface area contributed by atoms with E-state index in [0.717, 1.165) is 19.4 Å². The Morgan fingerprint density at radius 3 is 2.67 bits per heavy atom. The highest BCUT2D eigenvalue weighted by atomic mass is 16.2. The molecule has 1 unspecified atom stereocenters. The van der Waals surface area contributed by atoms with Gasteiger partial charge in [0.2, 0.25) is 5.91 Å². The van der Waals surface area contributed by atoms with Gasteiger partial charge in [-0.05, 0) is 19.3 Å². The van der Waals surface area contributed by atoms with Gasteiger partial charge < -0.3 is 10.6 Å². The number of rotatable bonds is 8. The van der Waals surface area contributed by atoms with Crippen molar-refractivity contribution in [3.05, 3.63) is 22.6 Å². The molecule has 1 heterocycles. The number of amides is 1. The molecule has 6 heteroatoms. The highest BCUT2D eigenvalue weighted by molar-refractivity contribution is 5.75. The second-order valence-electron chi connectivity index (χ2n) is 5.77. The summed E-state index contributed by atoms with van der Waals surface area (Å²) >= 11 is 0. The summed E-state index contributed by atoms with van der Waals surface area (Å²) in [5.41, 5.74) is 0.409. The van der Waals surface area contributed by atoms with Crippen LogP contribution < -0.4 is 16.2 Å². The molecule has 0 aromatic carbocycles. The number of hydrogen-bond acceptors (Lipinski definition) is 4. The van der Waals surface area contributed by atoms with Gasteiger partial charge in [-0.3, -0.25) is 9.59 Å². The summed E-state index contributed by atoms with van der Waals surface area (Å²) in [6, 6.07) is 1.59. The van der Waals surface area contributed by atoms with Crippen LogP contribution in [0, 0.1) is 5.92 Å². The second kappa shape index (κ2) is 8.44. The molecule has 1 aromatic heterocycles. The normalized spacial score (nSPS) is 12.2. The molecule has 0 saturated heterocycles. The van der Waals surface area contributed by atoms with Gasteiger partial charge in [-0.15, -0.1) is 0 Å². The van der Waals surface area contributed by atoms with Crippen molar-refractivity contribution in [1.29, 1.82) is 0 Å². The van der Waals surface area contributed by atoms with Gasteiger partial charge in [0.15, 0.2) is 0 Å². The van der Waals surface area contributed by atoms with Crippen molar-refractivity contribution in [2.24, 2.45) is 5.92 Å². The molecular formula is C15H26N4O2. The molecular weight excluding hydrogens is 268 g/mol. The molecule has 0 bridgehead atoms. The van der Waals surface area contributed by atoms with Crippen molar-refractivity contribution >= 4 is 11.6 Å². The van der Waals surface area contributed by atoms with Crippen LogP contribution in [0.3, 0.4) is 0 Å². The molecule has 1 aromatic rings. The lowest BCUT2D eigenvalue weighted by Crippen LogP contribution is -2.38. The SMILES string of the molecule is CCCC(C)NC(=O)Cn1ncc(NCC(C)C)cc1=O. The van der Waals surface area contributed by atoms with E-state index in [1.165, 1.54) is 10.7 Å². The molecule has 0 aliphatic carbocycles. The second-order valence-corrected chi connectivity index (χ2v) is 5.77. The molecule has 118 valence electrons. The molecule has 0 aliphatic heterocycles. The van der Waals surface area contributed by atoms with Gasteiger partial charge in [0, 0.05) is 18.7 Å². The maximum absolute atomic E-state index is 11.9. The molecule has 6 nitrogen and oxygen atoms in total. The lowest BCUT2D eigenvalue weighted by molar-refractivity contribution is -0.122. The largest absolute Gasteiger partial charge is 0.383 e. The maximum Gasteiger partial charge on any atom is 0.269 e. The summed E-state index contributed by atoms with van der Waals surface area (Å²) in [6.45, 7) is 8.93. The van der Waals surface area contributed by atoms with Gasteiger partial charge >= 0.3 is 0 Å². The predicted molar refractivity (Wildman–Crippen MR) is 84.3 cm³/mol. The van der Waals surface area contributed by atoms with Crippen LogP contribution in [-0.2, 0) is 11.3 Å². The van der Waals surface area contributed by atoms with Crippen LogP contribution in [0.15, 0.2) is 17.1 Å². The van der Waals surface area contributed by atoms with Crippen molar-refractivity contribution in [1.82, 2.24) is 15.1 Å². The van der Waals surface area contributed by atoms with Crippen LogP contribution in [-0.4, -0.2) is 28.3 Å². The first kappa shape index (κ1) is 17.2. The van der Waals surface area contributed by atoms with Gasteiger partial charge in [-0.2, -0.15) is 5.10 Å². The van der Waals surface area contributed by atoms with Crippen molar-refractivity contribution in [3.63, 3.8) is 0 Å². The Kier molecular flexibility index (Phi) is 6.91. The van der Waals surface area contributed by atoms with Crippen molar-refractivity contribution in [3.8, 4) is 0 Å². The lowest BCUT2D eigenvalue weighted by Gasteiger charge is -2.13. The third kappa shape index (κ3) is 6.42. The number of anilines is 1. The molecule has 1 amide bonds. The van der Waals surface area contributed by atoms with Gasteiger partial charge in [-0.25, -0.2) is 4.68 Å². The van der Waals surface area contributed by atoms with Crippen LogP contribution in [0.2, 0.25) is 0 Å². The highest BCUT2D eigenvalue weighted by Crippen LogP contribution is 2.02. The zero-order valence-electron chi connectivity index (χ0n) is 13.3. The molecule has 2 N–H and O–H groups in total. The first-order valence-electron chi connectivity index (χ1n) is 7.52. The van der Waals surface area contributed by atoms with Gasteiger partial charge in [0.05, 0.1) is 11.9 Å². The van der Waals surface area contributed by atoms with E-state index in [1.807, 2.05) is 6.92 Å². The Morgan fingerprint density at radius 2 is 2.10 bits per heavy atom. The predicted octanol–water partition coefficient (Wildman–Crippen LogP) is 1.62. The van der Waals surface area contributed by atoms with Crippen molar-refractivity contribution < 1.29 is 4.79 Å². The minimum absolute atomic E-state index is 0.0443. The van der Waals surface area contributed by atoms with Gasteiger partial charge in [0.25, 0.3) is 5.56 Å². The minimum Gasteiger partial charge on any atom is -0.383 e. The molecule has 0 fully saturated rings. The minimum atomic E-state index is -0.276. The van der Waals surface area contributed by atoms with E-state index in [1.54, 1.807) is 6.20 Å². The summed E-state index contributed by atoms with van der Waals surface area (Å²) in [6.07, 6.45) is 3.51.